The number of Topliss-reactive ketones (excluding diaryl/α,β-unsaturated/α-hetero) is 1. The van der Waals surface area contributed by atoms with Crippen molar-refractivity contribution in [2.45, 2.75) is 83.3 Å². The lowest BCUT2D eigenvalue weighted by atomic mass is 9.46. The van der Waals surface area contributed by atoms with Crippen LogP contribution in [0, 0.1) is 28.6 Å². The van der Waals surface area contributed by atoms with Crippen LogP contribution in [-0.4, -0.2) is 52.5 Å². The fourth-order valence-electron chi connectivity index (χ4n) is 7.66. The van der Waals surface area contributed by atoms with E-state index in [0.717, 1.165) is 6.42 Å². The molecule has 31 heavy (non-hydrogen) atoms. The fourth-order valence-corrected chi connectivity index (χ4v) is 7.66. The number of aliphatic hydroxyl groups is 2. The molecule has 6 nitrogen and oxygen atoms in total. The van der Waals surface area contributed by atoms with E-state index in [4.69, 9.17) is 13.6 Å². The Kier molecular flexibility index (Phi) is 4.14. The maximum absolute atomic E-state index is 13.3. The van der Waals surface area contributed by atoms with Gasteiger partial charge in [0.1, 0.15) is 6.61 Å². The lowest BCUT2D eigenvalue weighted by Crippen LogP contribution is -2.63. The van der Waals surface area contributed by atoms with Gasteiger partial charge < -0.3 is 19.7 Å². The Balaban J connectivity index is 1.62. The summed E-state index contributed by atoms with van der Waals surface area (Å²) in [5.41, 5.74) is -2.91. The largest absolute Gasteiger partial charge is 0.393 e. The van der Waals surface area contributed by atoms with Gasteiger partial charge in [-0.2, -0.15) is 0 Å². The monoisotopic (exact) mass is 433 g/mol. The highest BCUT2D eigenvalue weighted by molar-refractivity contribution is 6.01. The molecule has 0 aromatic rings. The highest BCUT2D eigenvalue weighted by Gasteiger charge is 2.75. The van der Waals surface area contributed by atoms with Crippen LogP contribution in [0.15, 0.2) is 23.8 Å². The molecule has 0 amide bonds. The molecule has 170 valence electrons. The SMILES string of the molecule is [2H]C1=C[C@@]2(C)C(=CC1=O)C([2H])([2H])C[C@@H]1[C@@H]2[C@@H](O)C[C@@]2(C)[C@H]1C[C@H]1OC(CCC)O[C@]12C(=O)CO. The first-order valence-electron chi connectivity index (χ1n) is 13.0. The van der Waals surface area contributed by atoms with E-state index in [1.807, 2.05) is 20.8 Å². The van der Waals surface area contributed by atoms with Crippen LogP contribution in [0.25, 0.3) is 0 Å². The summed E-state index contributed by atoms with van der Waals surface area (Å²) in [6, 6.07) is -0.187. The molecule has 1 heterocycles. The number of carbonyl (C=O) groups is 2. The predicted octanol–water partition coefficient (Wildman–Crippen LogP) is 2.72. The van der Waals surface area contributed by atoms with Gasteiger partial charge in [0.25, 0.3) is 0 Å². The van der Waals surface area contributed by atoms with Gasteiger partial charge in [-0.05, 0) is 56.0 Å². The van der Waals surface area contributed by atoms with Gasteiger partial charge >= 0.3 is 0 Å². The van der Waals surface area contributed by atoms with Crippen molar-refractivity contribution in [2.24, 2.45) is 28.6 Å². The summed E-state index contributed by atoms with van der Waals surface area (Å²) in [5, 5.41) is 21.5. The Bertz CT molecular complexity index is 993. The fraction of sp³-hybridized carbons (Fsp3) is 0.760. The lowest BCUT2D eigenvalue weighted by Gasteiger charge is -2.59. The normalized spacial score (nSPS) is 53.7. The van der Waals surface area contributed by atoms with Gasteiger partial charge in [-0.15, -0.1) is 0 Å². The molecule has 0 aromatic heterocycles. The molecule has 5 rings (SSSR count). The van der Waals surface area contributed by atoms with Gasteiger partial charge in [-0.25, -0.2) is 0 Å². The second-order valence-electron chi connectivity index (χ2n) is 10.4. The van der Waals surface area contributed by atoms with E-state index in [9.17, 15) is 19.8 Å². The predicted molar refractivity (Wildman–Crippen MR) is 113 cm³/mol. The van der Waals surface area contributed by atoms with Crippen molar-refractivity contribution in [3.8, 4) is 0 Å². The Labute approximate surface area is 187 Å². The number of hydrogen-bond acceptors (Lipinski definition) is 6. The molecule has 3 saturated carbocycles. The van der Waals surface area contributed by atoms with Gasteiger partial charge in [-0.3, -0.25) is 9.59 Å². The number of aliphatic hydroxyl groups excluding tert-OH is 2. The van der Waals surface area contributed by atoms with Gasteiger partial charge in [0.15, 0.2) is 23.5 Å². The molecule has 9 atom stereocenters. The first kappa shape index (κ1) is 18.1. The summed E-state index contributed by atoms with van der Waals surface area (Å²) in [5.74, 6) is -1.90. The van der Waals surface area contributed by atoms with Crippen molar-refractivity contribution in [3.63, 3.8) is 0 Å². The maximum atomic E-state index is 13.3. The topological polar surface area (TPSA) is 93.1 Å². The molecule has 1 aliphatic heterocycles. The molecule has 0 spiro atoms. The van der Waals surface area contributed by atoms with Gasteiger partial charge in [0, 0.05) is 19.5 Å². The van der Waals surface area contributed by atoms with Gasteiger partial charge in [0.05, 0.1) is 13.6 Å². The molecule has 1 saturated heterocycles. The Morgan fingerprint density at radius 2 is 2.19 bits per heavy atom. The van der Waals surface area contributed by atoms with Crippen molar-refractivity contribution in [2.75, 3.05) is 6.61 Å². The first-order chi connectivity index (χ1) is 15.9. The number of rotatable bonds is 4. The van der Waals surface area contributed by atoms with Crippen molar-refractivity contribution in [3.05, 3.63) is 23.8 Å². The number of hydrogen-bond donors (Lipinski definition) is 2. The molecule has 0 aromatic carbocycles. The summed E-state index contributed by atoms with van der Waals surface area (Å²) in [4.78, 5) is 25.6. The van der Waals surface area contributed by atoms with Gasteiger partial charge in [-0.1, -0.05) is 38.8 Å². The highest BCUT2D eigenvalue weighted by atomic mass is 16.7. The Morgan fingerprint density at radius 3 is 2.90 bits per heavy atom. The summed E-state index contributed by atoms with van der Waals surface area (Å²) >= 11 is 0. The van der Waals surface area contributed by atoms with Crippen LogP contribution < -0.4 is 0 Å². The lowest BCUT2D eigenvalue weighted by molar-refractivity contribution is -0.200. The molecular weight excluding hydrogens is 396 g/mol. The van der Waals surface area contributed by atoms with Crippen molar-refractivity contribution in [1.82, 2.24) is 0 Å². The molecular formula is C25H34O6. The second-order valence-corrected chi connectivity index (χ2v) is 10.4. The highest BCUT2D eigenvalue weighted by Crippen LogP contribution is 2.69. The summed E-state index contributed by atoms with van der Waals surface area (Å²) in [6.07, 6.45) is 1.14. The van der Waals surface area contributed by atoms with Crippen molar-refractivity contribution < 1.29 is 33.4 Å². The van der Waals surface area contributed by atoms with Gasteiger partial charge in [0.2, 0.25) is 0 Å². The van der Waals surface area contributed by atoms with E-state index >= 15 is 0 Å². The molecule has 0 bridgehead atoms. The molecule has 0 radical (unpaired) electrons. The first-order valence-corrected chi connectivity index (χ1v) is 11.5. The quantitative estimate of drug-likeness (QED) is 0.708. The van der Waals surface area contributed by atoms with Crippen LogP contribution in [-0.2, 0) is 19.1 Å². The van der Waals surface area contributed by atoms with E-state index in [-0.39, 0.29) is 30.7 Å². The van der Waals surface area contributed by atoms with Crippen LogP contribution in [0.4, 0.5) is 0 Å². The number of allylic oxidation sites excluding steroid dienone is 4. The summed E-state index contributed by atoms with van der Waals surface area (Å²) in [6.45, 7) is 5.04. The standard InChI is InChI=1S/C25H34O6/c1-4-5-21-30-20-11-17-16-7-6-14-10-15(27)8-9-23(14,2)22(16)18(28)12-24(17,3)25(20,31-21)19(29)13-26/h8-10,16-18,20-22,26,28H,4-7,11-13H2,1-3H3/t16-,17-,18-,20+,21?,22+,23-,24-,25+/m0/s1/i6D2,8D. The molecule has 5 aliphatic rings. The second kappa shape index (κ2) is 7.08. The number of carbonyl (C=O) groups excluding carboxylic acids is 2. The molecule has 1 unspecified atom stereocenters. The smallest absolute Gasteiger partial charge is 0.193 e. The zero-order chi connectivity index (χ0) is 24.8. The van der Waals surface area contributed by atoms with Crippen LogP contribution in [0.5, 0.6) is 0 Å². The summed E-state index contributed by atoms with van der Waals surface area (Å²) in [7, 11) is 0. The summed E-state index contributed by atoms with van der Waals surface area (Å²) < 4.78 is 38.4. The molecule has 4 fully saturated rings. The van der Waals surface area contributed by atoms with Crippen molar-refractivity contribution >= 4 is 11.6 Å². The number of ether oxygens (including phenoxy) is 2. The van der Waals surface area contributed by atoms with E-state index in [0.29, 0.717) is 18.4 Å². The maximum Gasteiger partial charge on any atom is 0.193 e. The minimum absolute atomic E-state index is 0.0966. The molecule has 4 aliphatic carbocycles. The molecule has 2 N–H and O–H groups in total. The third kappa shape index (κ3) is 2.65. The van der Waals surface area contributed by atoms with Crippen molar-refractivity contribution in [1.29, 1.82) is 0 Å². The van der Waals surface area contributed by atoms with Crippen LogP contribution in [0.2, 0.25) is 0 Å². The average Bonchev–Trinajstić information content (AvgIpc) is 3.21. The van der Waals surface area contributed by atoms with E-state index in [1.54, 1.807) is 0 Å². The number of ketones is 2. The Morgan fingerprint density at radius 1 is 1.42 bits per heavy atom. The molecule has 6 heteroatoms. The third-order valence-electron chi connectivity index (χ3n) is 8.92. The van der Waals surface area contributed by atoms with E-state index in [2.05, 4.69) is 0 Å². The zero-order valence-corrected chi connectivity index (χ0v) is 18.4. The van der Waals surface area contributed by atoms with E-state index < -0.39 is 65.4 Å². The minimum atomic E-state index is -1.81. The average molecular weight is 434 g/mol. The Hall–Kier alpha value is -1.34. The minimum Gasteiger partial charge on any atom is -0.393 e. The van der Waals surface area contributed by atoms with E-state index in [1.165, 1.54) is 12.2 Å². The third-order valence-corrected chi connectivity index (χ3v) is 8.92. The van der Waals surface area contributed by atoms with Crippen LogP contribution in [0.1, 0.15) is 63.4 Å². The van der Waals surface area contributed by atoms with Crippen LogP contribution >= 0.6 is 0 Å². The van der Waals surface area contributed by atoms with Crippen LogP contribution in [0.3, 0.4) is 0 Å². The zero-order valence-electron chi connectivity index (χ0n) is 21.4. The number of fused-ring (bicyclic) bond motifs is 7.